The Labute approximate surface area is 361 Å². The summed E-state index contributed by atoms with van der Waals surface area (Å²) in [6.45, 7) is 9.92. The molecule has 0 aromatic heterocycles. The second-order valence-electron chi connectivity index (χ2n) is 17.7. The zero-order chi connectivity index (χ0) is 45.2. The number of nitrogens with zero attached hydrogens (tertiary/aromatic N) is 1. The molecule has 3 unspecified atom stereocenters. The van der Waals surface area contributed by atoms with E-state index in [1.807, 2.05) is 40.7 Å². The lowest BCUT2D eigenvalue weighted by Gasteiger charge is -2.47. The molecule has 0 aromatic rings. The first-order valence-electron chi connectivity index (χ1n) is 21.7. The summed E-state index contributed by atoms with van der Waals surface area (Å²) in [5.74, 6) is -2.76. The Morgan fingerprint density at radius 1 is 0.885 bits per heavy atom. The minimum absolute atomic E-state index is 0.0505. The van der Waals surface area contributed by atoms with Gasteiger partial charge in [-0.2, -0.15) is 0 Å². The normalized spacial score (nSPS) is 44.2. The molecule has 352 valence electrons. The van der Waals surface area contributed by atoms with Crippen LogP contribution in [-0.4, -0.2) is 191 Å². The topological polar surface area (TPSA) is 211 Å². The van der Waals surface area contributed by atoms with Crippen LogP contribution in [0.2, 0.25) is 0 Å². The minimum atomic E-state index is -1.78. The van der Waals surface area contributed by atoms with Gasteiger partial charge in [0.15, 0.2) is 18.4 Å². The zero-order valence-electron chi connectivity index (χ0n) is 38.0. The molecule has 18 atom stereocenters. The number of ketones is 1. The third-order valence-corrected chi connectivity index (χ3v) is 12.8. The number of carbonyl (C=O) groups is 2. The number of rotatable bonds is 11. The average molecular weight is 874 g/mol. The Kier molecular flexibility index (Phi) is 20.2. The van der Waals surface area contributed by atoms with Crippen molar-refractivity contribution < 1.29 is 77.4 Å². The largest absolute Gasteiger partial charge is 0.462 e. The number of hydrogen-bond acceptors (Lipinski definition) is 17. The van der Waals surface area contributed by atoms with E-state index < -0.39 is 115 Å². The number of likely N-dealkylation sites (N-methyl/N-ethyl adjacent to an activating group) is 1. The van der Waals surface area contributed by atoms with Crippen LogP contribution in [0.15, 0.2) is 23.8 Å². The number of hydrogen-bond donors (Lipinski definition) is 4. The smallest absolute Gasteiger partial charge is 0.308 e. The van der Waals surface area contributed by atoms with Crippen LogP contribution in [0, 0.1) is 23.7 Å². The molecular formula is C44H75NO16. The molecule has 4 aliphatic heterocycles. The molecule has 3 fully saturated rings. The average Bonchev–Trinajstić information content (AvgIpc) is 3.24. The molecule has 0 spiro atoms. The van der Waals surface area contributed by atoms with Gasteiger partial charge in [0.05, 0.1) is 69.4 Å². The van der Waals surface area contributed by atoms with Gasteiger partial charge in [0.1, 0.15) is 36.1 Å². The van der Waals surface area contributed by atoms with Crippen LogP contribution in [-0.2, 0) is 57.0 Å². The number of esters is 1. The van der Waals surface area contributed by atoms with Gasteiger partial charge in [-0.15, -0.1) is 0 Å². The van der Waals surface area contributed by atoms with Crippen LogP contribution < -0.4 is 0 Å². The van der Waals surface area contributed by atoms with Gasteiger partial charge in [-0.3, -0.25) is 9.59 Å². The van der Waals surface area contributed by atoms with Crippen molar-refractivity contribution in [3.05, 3.63) is 23.8 Å². The molecule has 4 rings (SSSR count). The monoisotopic (exact) mass is 874 g/mol. The Morgan fingerprint density at radius 3 is 2.18 bits per heavy atom. The lowest BCUT2D eigenvalue weighted by Crippen LogP contribution is -2.63. The van der Waals surface area contributed by atoms with Gasteiger partial charge in [-0.05, 0) is 66.1 Å². The Hall–Kier alpha value is -1.94. The van der Waals surface area contributed by atoms with Crippen LogP contribution in [0.4, 0.5) is 0 Å². The molecular weight excluding hydrogens is 798 g/mol. The molecule has 0 aromatic carbocycles. The summed E-state index contributed by atoms with van der Waals surface area (Å²) in [6.07, 6.45) is -3.38. The maximum Gasteiger partial charge on any atom is 0.308 e. The van der Waals surface area contributed by atoms with Gasteiger partial charge in [-0.1, -0.05) is 38.5 Å². The van der Waals surface area contributed by atoms with Crippen molar-refractivity contribution in [2.75, 3.05) is 68.5 Å². The van der Waals surface area contributed by atoms with E-state index in [1.165, 1.54) is 0 Å². The number of fused-ring (bicyclic) bond motifs is 3. The number of allylic oxidation sites excluding steroid dienone is 3. The predicted octanol–water partition coefficient (Wildman–Crippen LogP) is 1.80. The van der Waals surface area contributed by atoms with E-state index in [2.05, 4.69) is 0 Å². The van der Waals surface area contributed by atoms with Crippen molar-refractivity contribution in [3.8, 4) is 0 Å². The molecule has 0 aliphatic carbocycles. The highest BCUT2D eigenvalue weighted by Crippen LogP contribution is 2.36. The van der Waals surface area contributed by atoms with E-state index in [4.69, 9.17) is 47.4 Å². The summed E-state index contributed by atoms with van der Waals surface area (Å²) in [5, 5.41) is 44.1. The summed E-state index contributed by atoms with van der Waals surface area (Å²) in [5.41, 5.74) is -1.03. The van der Waals surface area contributed by atoms with E-state index in [-0.39, 0.29) is 44.7 Å². The van der Waals surface area contributed by atoms with Crippen molar-refractivity contribution in [1.82, 2.24) is 4.90 Å². The lowest BCUT2D eigenvalue weighted by molar-refractivity contribution is -0.307. The van der Waals surface area contributed by atoms with Crippen molar-refractivity contribution in [2.45, 2.75) is 152 Å². The van der Waals surface area contributed by atoms with Gasteiger partial charge in [0.2, 0.25) is 0 Å². The molecule has 61 heavy (non-hydrogen) atoms. The zero-order valence-corrected chi connectivity index (χ0v) is 38.0. The fraction of sp³-hybridized carbons (Fsp3) is 0.864. The number of cyclic esters (lactones) is 1. The third kappa shape index (κ3) is 13.3. The second kappa shape index (κ2) is 23.8. The number of aliphatic hydroxyl groups excluding tert-OH is 3. The molecule has 4 heterocycles. The SMILES string of the molecule is CC[C@H]1OC(=O)C[C@H]2OCC(O)(CO)COCC[C@@H](C[C@@H](C)C(=O)/C=C/C(C)=C/[C@@H]1COC1O[C@H](C)[C@@H](OC)[C@@H](OC)[C@H]1OC)[C@H](OC1O[C@H](C)[C@@H](O)[C@H](N(C)C)[C@H]1O)[C@H]2C. The number of ether oxygens (including phenoxy) is 10. The van der Waals surface area contributed by atoms with E-state index in [1.54, 1.807) is 59.4 Å². The molecule has 4 N–H and O–H groups in total. The maximum atomic E-state index is 14.2. The number of aliphatic hydroxyl groups is 4. The van der Waals surface area contributed by atoms with Gasteiger partial charge in [0, 0.05) is 45.7 Å². The molecule has 0 amide bonds. The molecule has 0 saturated carbocycles. The summed E-state index contributed by atoms with van der Waals surface area (Å²) in [7, 11) is 8.20. The summed E-state index contributed by atoms with van der Waals surface area (Å²) >= 11 is 0. The fourth-order valence-corrected chi connectivity index (χ4v) is 9.09. The van der Waals surface area contributed by atoms with Crippen molar-refractivity contribution in [3.63, 3.8) is 0 Å². The lowest BCUT2D eigenvalue weighted by atomic mass is 9.79. The molecule has 4 aliphatic rings. The summed E-state index contributed by atoms with van der Waals surface area (Å²) in [4.78, 5) is 29.8. The maximum absolute atomic E-state index is 14.2. The number of methoxy groups -OCH3 is 3. The van der Waals surface area contributed by atoms with E-state index in [9.17, 15) is 30.0 Å². The standard InChI is InChI=1S/C44H75NO16/c1-12-32-30(20-56-43-41(54-11)40(53-10)39(52-9)28(6)59-43)17-24(2)13-14-31(47)25(3)18-29-15-16-55-22-44(51,21-46)23-57-33(19-34(48)60-32)26(4)38(29)61-42-37(50)35(45(7)8)36(49)27(5)58-42/h13-14,17,25-30,32-33,35-43,46,49-51H,12,15-16,18-23H2,1-11H3/b14-13+,24-17+/t25-,26+,27-,28-,29+,30-,32-,33-,35+,36-,37-,38-,39-,40-,41-,42?,43?,44?/m1/s1. The van der Waals surface area contributed by atoms with Crippen LogP contribution in [0.5, 0.6) is 0 Å². The first kappa shape index (κ1) is 51.7. The van der Waals surface area contributed by atoms with E-state index >= 15 is 0 Å². The highest BCUT2D eigenvalue weighted by atomic mass is 16.7. The Morgan fingerprint density at radius 2 is 1.56 bits per heavy atom. The fourth-order valence-electron chi connectivity index (χ4n) is 9.09. The quantitative estimate of drug-likeness (QED) is 0.218. The molecule has 2 bridgehead atoms. The molecule has 3 saturated heterocycles. The molecule has 17 heteroatoms. The van der Waals surface area contributed by atoms with Gasteiger partial charge in [0.25, 0.3) is 0 Å². The van der Waals surface area contributed by atoms with Gasteiger partial charge < -0.3 is 72.7 Å². The van der Waals surface area contributed by atoms with Crippen LogP contribution in [0.3, 0.4) is 0 Å². The number of carbonyl (C=O) groups excluding carboxylic acids is 2. The summed E-state index contributed by atoms with van der Waals surface area (Å²) < 4.78 is 61.3. The van der Waals surface area contributed by atoms with Crippen molar-refractivity contribution >= 4 is 11.8 Å². The van der Waals surface area contributed by atoms with Crippen molar-refractivity contribution in [2.24, 2.45) is 23.7 Å². The Balaban J connectivity index is 1.74. The Bertz CT molecular complexity index is 1430. The summed E-state index contributed by atoms with van der Waals surface area (Å²) in [6, 6.07) is -0.720. The predicted molar refractivity (Wildman–Crippen MR) is 221 cm³/mol. The van der Waals surface area contributed by atoms with E-state index in [0.717, 1.165) is 5.57 Å². The van der Waals surface area contributed by atoms with Crippen LogP contribution in [0.1, 0.15) is 67.2 Å². The third-order valence-electron chi connectivity index (χ3n) is 12.8. The van der Waals surface area contributed by atoms with Crippen molar-refractivity contribution in [1.29, 1.82) is 0 Å². The highest BCUT2D eigenvalue weighted by Gasteiger charge is 2.49. The molecule has 17 nitrogen and oxygen atoms in total. The van der Waals surface area contributed by atoms with Gasteiger partial charge >= 0.3 is 5.97 Å². The highest BCUT2D eigenvalue weighted by molar-refractivity contribution is 5.91. The minimum Gasteiger partial charge on any atom is -0.462 e. The first-order valence-corrected chi connectivity index (χ1v) is 21.7. The van der Waals surface area contributed by atoms with Crippen LogP contribution in [0.25, 0.3) is 0 Å². The van der Waals surface area contributed by atoms with E-state index in [0.29, 0.717) is 19.3 Å². The van der Waals surface area contributed by atoms with Crippen LogP contribution >= 0.6 is 0 Å². The second-order valence-corrected chi connectivity index (χ2v) is 17.7. The van der Waals surface area contributed by atoms with Gasteiger partial charge in [-0.25, -0.2) is 0 Å². The first-order chi connectivity index (χ1) is 28.9. The molecule has 0 radical (unpaired) electrons.